The molecule has 2 aromatic carbocycles. The second-order valence-corrected chi connectivity index (χ2v) is 4.46. The van der Waals surface area contributed by atoms with Crippen LogP contribution in [-0.2, 0) is 11.2 Å². The smallest absolute Gasteiger partial charge is 0.303 e. The van der Waals surface area contributed by atoms with E-state index in [1.807, 2.05) is 12.1 Å². The van der Waals surface area contributed by atoms with Crippen LogP contribution in [0.2, 0.25) is 0 Å². The number of carboxylic acid groups (broad SMARTS) is 1. The summed E-state index contributed by atoms with van der Waals surface area (Å²) >= 11 is 0. The van der Waals surface area contributed by atoms with Crippen LogP contribution in [0.25, 0.3) is 10.8 Å². The Balaban J connectivity index is 1.91. The van der Waals surface area contributed by atoms with E-state index >= 15 is 0 Å². The largest absolute Gasteiger partial charge is 0.481 e. The van der Waals surface area contributed by atoms with Gasteiger partial charge >= 0.3 is 5.97 Å². The number of rotatable bonds is 4. The van der Waals surface area contributed by atoms with E-state index in [9.17, 15) is 4.79 Å². The molecule has 0 atom stereocenters. The lowest BCUT2D eigenvalue weighted by atomic mass is 10.1. The quantitative estimate of drug-likeness (QED) is 0.666. The average Bonchev–Trinajstić information content (AvgIpc) is 2.42. The van der Waals surface area contributed by atoms with Crippen LogP contribution in [0.3, 0.4) is 0 Å². The van der Waals surface area contributed by atoms with Gasteiger partial charge in [-0.15, -0.1) is 5.92 Å². The fraction of sp³-hybridized carbons (Fsp3) is 0.235. The van der Waals surface area contributed by atoms with Gasteiger partial charge in [0, 0.05) is 19.3 Å². The third kappa shape index (κ3) is 4.15. The van der Waals surface area contributed by atoms with Crippen molar-refractivity contribution in [1.29, 1.82) is 0 Å². The third-order valence-electron chi connectivity index (χ3n) is 2.92. The zero-order valence-corrected chi connectivity index (χ0v) is 10.7. The molecule has 0 aromatic heterocycles. The molecule has 0 spiro atoms. The fourth-order valence-electron chi connectivity index (χ4n) is 1.93. The maximum atomic E-state index is 10.3. The maximum Gasteiger partial charge on any atom is 0.303 e. The number of benzene rings is 2. The lowest BCUT2D eigenvalue weighted by molar-refractivity contribution is -0.137. The first-order chi connectivity index (χ1) is 9.25. The third-order valence-corrected chi connectivity index (χ3v) is 2.92. The summed E-state index contributed by atoms with van der Waals surface area (Å²) in [4.78, 5) is 10.3. The first-order valence-electron chi connectivity index (χ1n) is 6.41. The molecule has 2 heteroatoms. The first-order valence-corrected chi connectivity index (χ1v) is 6.41. The second-order valence-electron chi connectivity index (χ2n) is 4.46. The summed E-state index contributed by atoms with van der Waals surface area (Å²) in [6, 6.07) is 14.6. The molecule has 0 saturated heterocycles. The molecule has 0 saturated carbocycles. The molecule has 0 amide bonds. The Morgan fingerprint density at radius 1 is 1.05 bits per heavy atom. The number of carboxylic acids is 1. The van der Waals surface area contributed by atoms with E-state index in [-0.39, 0.29) is 6.42 Å². The van der Waals surface area contributed by atoms with Gasteiger partial charge in [-0.1, -0.05) is 48.4 Å². The molecule has 0 fully saturated rings. The number of unbranched alkanes of at least 4 members (excludes halogenated alkanes) is 1. The summed E-state index contributed by atoms with van der Waals surface area (Å²) in [7, 11) is 0. The van der Waals surface area contributed by atoms with Gasteiger partial charge in [0.1, 0.15) is 0 Å². The van der Waals surface area contributed by atoms with E-state index in [1.165, 1.54) is 16.3 Å². The van der Waals surface area contributed by atoms with Gasteiger partial charge in [-0.3, -0.25) is 4.79 Å². The lowest BCUT2D eigenvalue weighted by Gasteiger charge is -1.99. The van der Waals surface area contributed by atoms with Crippen LogP contribution in [0.1, 0.15) is 24.8 Å². The summed E-state index contributed by atoms with van der Waals surface area (Å²) in [6.07, 6.45) is 2.20. The van der Waals surface area contributed by atoms with Gasteiger partial charge in [0.25, 0.3) is 0 Å². The molecular weight excluding hydrogens is 236 g/mol. The normalized spacial score (nSPS) is 9.89. The van der Waals surface area contributed by atoms with Crippen molar-refractivity contribution in [2.24, 2.45) is 0 Å². The van der Waals surface area contributed by atoms with Gasteiger partial charge in [-0.05, 0) is 22.8 Å². The number of fused-ring (bicyclic) bond motifs is 1. The fourth-order valence-corrected chi connectivity index (χ4v) is 1.93. The van der Waals surface area contributed by atoms with E-state index < -0.39 is 5.97 Å². The molecule has 0 aliphatic rings. The predicted octanol–water partition coefficient (Wildman–Crippen LogP) is 3.64. The van der Waals surface area contributed by atoms with Crippen LogP contribution in [0.15, 0.2) is 42.5 Å². The van der Waals surface area contributed by atoms with Gasteiger partial charge in [0.05, 0.1) is 0 Å². The van der Waals surface area contributed by atoms with Gasteiger partial charge in [-0.2, -0.15) is 0 Å². The molecule has 0 aliphatic heterocycles. The highest BCUT2D eigenvalue weighted by atomic mass is 16.4. The van der Waals surface area contributed by atoms with Crippen molar-refractivity contribution in [1.82, 2.24) is 0 Å². The highest BCUT2D eigenvalue weighted by molar-refractivity contribution is 5.83. The Morgan fingerprint density at radius 3 is 2.63 bits per heavy atom. The van der Waals surface area contributed by atoms with Crippen molar-refractivity contribution in [3.8, 4) is 11.8 Å². The van der Waals surface area contributed by atoms with Crippen LogP contribution in [-0.4, -0.2) is 11.1 Å². The highest BCUT2D eigenvalue weighted by Crippen LogP contribution is 2.15. The first kappa shape index (κ1) is 13.2. The molecular formula is C17H16O2. The molecule has 19 heavy (non-hydrogen) atoms. The summed E-state index contributed by atoms with van der Waals surface area (Å²) < 4.78 is 0. The molecule has 0 heterocycles. The van der Waals surface area contributed by atoms with Crippen molar-refractivity contribution in [3.63, 3.8) is 0 Å². The van der Waals surface area contributed by atoms with Crippen molar-refractivity contribution >= 4 is 16.7 Å². The Labute approximate surface area is 113 Å². The molecule has 1 N–H and O–H groups in total. The van der Waals surface area contributed by atoms with E-state index in [4.69, 9.17) is 5.11 Å². The SMILES string of the molecule is O=C(O)CCCC#CCc1ccc2ccccc2c1. The zero-order chi connectivity index (χ0) is 13.5. The summed E-state index contributed by atoms with van der Waals surface area (Å²) in [5.74, 6) is 5.37. The van der Waals surface area contributed by atoms with Gasteiger partial charge in [-0.25, -0.2) is 0 Å². The van der Waals surface area contributed by atoms with Gasteiger partial charge in [0.15, 0.2) is 0 Å². The Hall–Kier alpha value is -2.27. The maximum absolute atomic E-state index is 10.3. The highest BCUT2D eigenvalue weighted by Gasteiger charge is 1.95. The molecule has 0 radical (unpaired) electrons. The number of carbonyl (C=O) groups is 1. The minimum absolute atomic E-state index is 0.199. The Morgan fingerprint density at radius 2 is 1.84 bits per heavy atom. The molecule has 2 rings (SSSR count). The molecule has 0 bridgehead atoms. The van der Waals surface area contributed by atoms with Crippen molar-refractivity contribution < 1.29 is 9.90 Å². The molecule has 96 valence electrons. The van der Waals surface area contributed by atoms with Gasteiger partial charge < -0.3 is 5.11 Å². The Kier molecular flexibility index (Phi) is 4.58. The van der Waals surface area contributed by atoms with Gasteiger partial charge in [0.2, 0.25) is 0 Å². The molecule has 0 aliphatic carbocycles. The van der Waals surface area contributed by atoms with Crippen LogP contribution in [0.5, 0.6) is 0 Å². The predicted molar refractivity (Wildman–Crippen MR) is 76.9 cm³/mol. The minimum Gasteiger partial charge on any atom is -0.481 e. The van der Waals surface area contributed by atoms with E-state index in [2.05, 4.69) is 42.2 Å². The number of hydrogen-bond donors (Lipinski definition) is 1. The molecule has 0 unspecified atom stereocenters. The lowest BCUT2D eigenvalue weighted by Crippen LogP contribution is -1.92. The van der Waals surface area contributed by atoms with E-state index in [0.717, 1.165) is 6.42 Å². The standard InChI is InChI=1S/C17H16O2/c18-17(19)10-4-2-1-3-7-14-11-12-15-8-5-6-9-16(15)13-14/h5-6,8-9,11-13H,2,4,7,10H2,(H,18,19). The van der Waals surface area contributed by atoms with E-state index in [1.54, 1.807) is 0 Å². The van der Waals surface area contributed by atoms with Crippen LogP contribution in [0, 0.1) is 11.8 Å². The number of aliphatic carboxylic acids is 1. The minimum atomic E-state index is -0.753. The molecule has 2 aromatic rings. The summed E-state index contributed by atoms with van der Waals surface area (Å²) in [5, 5.41) is 11.0. The number of hydrogen-bond acceptors (Lipinski definition) is 1. The van der Waals surface area contributed by atoms with Crippen molar-refractivity contribution in [2.45, 2.75) is 25.7 Å². The Bertz CT molecular complexity index is 632. The van der Waals surface area contributed by atoms with E-state index in [0.29, 0.717) is 12.8 Å². The second kappa shape index (κ2) is 6.61. The van der Waals surface area contributed by atoms with Crippen LogP contribution in [0.4, 0.5) is 0 Å². The zero-order valence-electron chi connectivity index (χ0n) is 10.7. The van der Waals surface area contributed by atoms with Crippen LogP contribution >= 0.6 is 0 Å². The molecule has 2 nitrogen and oxygen atoms in total. The summed E-state index contributed by atoms with van der Waals surface area (Å²) in [6.45, 7) is 0. The monoisotopic (exact) mass is 252 g/mol. The van der Waals surface area contributed by atoms with Crippen molar-refractivity contribution in [2.75, 3.05) is 0 Å². The van der Waals surface area contributed by atoms with Crippen LogP contribution < -0.4 is 0 Å². The average molecular weight is 252 g/mol. The topological polar surface area (TPSA) is 37.3 Å². The summed E-state index contributed by atoms with van der Waals surface area (Å²) in [5.41, 5.74) is 1.20. The van der Waals surface area contributed by atoms with Crippen molar-refractivity contribution in [3.05, 3.63) is 48.0 Å².